The topological polar surface area (TPSA) is 44.9 Å². The highest BCUT2D eigenvalue weighted by molar-refractivity contribution is 5.78. The summed E-state index contributed by atoms with van der Waals surface area (Å²) >= 11 is 0. The van der Waals surface area contributed by atoms with Crippen molar-refractivity contribution in [3.63, 3.8) is 0 Å². The Labute approximate surface area is 104 Å². The zero-order valence-electron chi connectivity index (χ0n) is 10.6. The van der Waals surface area contributed by atoms with Crippen molar-refractivity contribution in [1.82, 2.24) is 9.80 Å². The molecule has 0 aromatic heterocycles. The van der Waals surface area contributed by atoms with Crippen molar-refractivity contribution in [1.29, 1.82) is 0 Å². The predicted octanol–water partition coefficient (Wildman–Crippen LogP) is 1.02. The highest BCUT2D eigenvalue weighted by atomic mass is 15.3. The fourth-order valence-corrected chi connectivity index (χ4v) is 3.06. The van der Waals surface area contributed by atoms with Gasteiger partial charge in [-0.2, -0.15) is 0 Å². The van der Waals surface area contributed by atoms with Gasteiger partial charge in [0.05, 0.1) is 6.04 Å². The lowest BCUT2D eigenvalue weighted by molar-refractivity contribution is 0.173. The van der Waals surface area contributed by atoms with Crippen LogP contribution in [0.1, 0.15) is 38.5 Å². The van der Waals surface area contributed by atoms with Crippen LogP contribution in [0.25, 0.3) is 0 Å². The maximum Gasteiger partial charge on any atom is 0.191 e. The van der Waals surface area contributed by atoms with Crippen LogP contribution in [0.5, 0.6) is 0 Å². The van der Waals surface area contributed by atoms with E-state index in [9.17, 15) is 0 Å². The lowest BCUT2D eigenvalue weighted by Crippen LogP contribution is -2.51. The molecule has 0 aromatic carbocycles. The molecular formula is C13H24N4. The summed E-state index contributed by atoms with van der Waals surface area (Å²) in [4.78, 5) is 9.57. The van der Waals surface area contributed by atoms with E-state index in [0.29, 0.717) is 6.04 Å². The standard InChI is InChI=1S/C13H24N4/c14-13(15-11-3-1-2-4-11)17-9-7-16(8-10-17)12-5-6-12/h11-12H,1-10H2,(H2,14,15). The summed E-state index contributed by atoms with van der Waals surface area (Å²) < 4.78 is 0. The van der Waals surface area contributed by atoms with E-state index in [1.807, 2.05) is 0 Å². The van der Waals surface area contributed by atoms with E-state index in [1.165, 1.54) is 51.6 Å². The SMILES string of the molecule is NC(=NC1CCCC1)N1CCN(C2CC2)CC1. The molecule has 1 aliphatic heterocycles. The maximum atomic E-state index is 6.12. The van der Waals surface area contributed by atoms with E-state index >= 15 is 0 Å². The third-order valence-electron chi connectivity index (χ3n) is 4.34. The normalized spacial score (nSPS) is 28.9. The van der Waals surface area contributed by atoms with E-state index in [-0.39, 0.29) is 0 Å². The number of hydrogen-bond acceptors (Lipinski definition) is 2. The molecule has 1 heterocycles. The molecule has 4 heteroatoms. The van der Waals surface area contributed by atoms with Gasteiger partial charge in [-0.05, 0) is 25.7 Å². The first-order valence-electron chi connectivity index (χ1n) is 7.15. The number of nitrogens with zero attached hydrogens (tertiary/aromatic N) is 3. The van der Waals surface area contributed by atoms with Crippen LogP contribution in [0.4, 0.5) is 0 Å². The molecule has 3 fully saturated rings. The van der Waals surface area contributed by atoms with Gasteiger partial charge in [-0.1, -0.05) is 12.8 Å². The van der Waals surface area contributed by atoms with Crippen molar-refractivity contribution in [3.8, 4) is 0 Å². The quantitative estimate of drug-likeness (QED) is 0.575. The Balaban J connectivity index is 1.50. The van der Waals surface area contributed by atoms with Crippen LogP contribution in [0.3, 0.4) is 0 Å². The Hall–Kier alpha value is -0.770. The van der Waals surface area contributed by atoms with Crippen molar-refractivity contribution < 1.29 is 0 Å². The summed E-state index contributed by atoms with van der Waals surface area (Å²) in [6.45, 7) is 4.48. The molecule has 2 saturated carbocycles. The molecule has 3 rings (SSSR count). The van der Waals surface area contributed by atoms with Crippen molar-refractivity contribution in [2.45, 2.75) is 50.6 Å². The molecular weight excluding hydrogens is 212 g/mol. The Morgan fingerprint density at radius 2 is 1.59 bits per heavy atom. The van der Waals surface area contributed by atoms with E-state index in [1.54, 1.807) is 0 Å². The Morgan fingerprint density at radius 1 is 0.941 bits per heavy atom. The minimum Gasteiger partial charge on any atom is -0.370 e. The van der Waals surface area contributed by atoms with Crippen molar-refractivity contribution in [2.24, 2.45) is 10.7 Å². The number of rotatable bonds is 2. The van der Waals surface area contributed by atoms with Gasteiger partial charge in [-0.15, -0.1) is 0 Å². The summed E-state index contributed by atoms with van der Waals surface area (Å²) in [5.41, 5.74) is 6.12. The lowest BCUT2D eigenvalue weighted by Gasteiger charge is -2.35. The molecule has 17 heavy (non-hydrogen) atoms. The molecule has 0 radical (unpaired) electrons. The second-order valence-electron chi connectivity index (χ2n) is 5.68. The smallest absolute Gasteiger partial charge is 0.191 e. The first-order chi connectivity index (χ1) is 8.33. The van der Waals surface area contributed by atoms with Gasteiger partial charge in [0.1, 0.15) is 0 Å². The number of guanidine groups is 1. The molecule has 1 saturated heterocycles. The maximum absolute atomic E-state index is 6.12. The van der Waals surface area contributed by atoms with Gasteiger partial charge < -0.3 is 10.6 Å². The largest absolute Gasteiger partial charge is 0.370 e. The highest BCUT2D eigenvalue weighted by Crippen LogP contribution is 2.27. The van der Waals surface area contributed by atoms with Gasteiger partial charge in [0.25, 0.3) is 0 Å². The monoisotopic (exact) mass is 236 g/mol. The summed E-state index contributed by atoms with van der Waals surface area (Å²) in [6.07, 6.45) is 7.95. The van der Waals surface area contributed by atoms with Crippen molar-refractivity contribution >= 4 is 5.96 Å². The summed E-state index contributed by atoms with van der Waals surface area (Å²) in [7, 11) is 0. The molecule has 2 aliphatic carbocycles. The van der Waals surface area contributed by atoms with Crippen LogP contribution in [0, 0.1) is 0 Å². The molecule has 0 atom stereocenters. The van der Waals surface area contributed by atoms with E-state index in [4.69, 9.17) is 5.73 Å². The fraction of sp³-hybridized carbons (Fsp3) is 0.923. The van der Waals surface area contributed by atoms with Gasteiger partial charge in [-0.25, -0.2) is 4.99 Å². The van der Waals surface area contributed by atoms with E-state index < -0.39 is 0 Å². The molecule has 0 unspecified atom stereocenters. The average Bonchev–Trinajstić information content (AvgIpc) is 3.09. The minimum absolute atomic E-state index is 0.511. The molecule has 0 spiro atoms. The lowest BCUT2D eigenvalue weighted by atomic mass is 10.3. The van der Waals surface area contributed by atoms with Crippen LogP contribution >= 0.6 is 0 Å². The van der Waals surface area contributed by atoms with Crippen LogP contribution in [0.15, 0.2) is 4.99 Å². The van der Waals surface area contributed by atoms with Crippen molar-refractivity contribution in [3.05, 3.63) is 0 Å². The molecule has 4 nitrogen and oxygen atoms in total. The molecule has 3 aliphatic rings. The van der Waals surface area contributed by atoms with Gasteiger partial charge >= 0.3 is 0 Å². The molecule has 0 amide bonds. The highest BCUT2D eigenvalue weighted by Gasteiger charge is 2.31. The Kier molecular flexibility index (Phi) is 3.23. The van der Waals surface area contributed by atoms with E-state index in [0.717, 1.165) is 25.1 Å². The van der Waals surface area contributed by atoms with Crippen LogP contribution in [0.2, 0.25) is 0 Å². The summed E-state index contributed by atoms with van der Waals surface area (Å²) in [5.74, 6) is 0.798. The number of piperazine rings is 1. The summed E-state index contributed by atoms with van der Waals surface area (Å²) in [6, 6.07) is 1.40. The van der Waals surface area contributed by atoms with Gasteiger partial charge in [-0.3, -0.25) is 4.90 Å². The molecule has 96 valence electrons. The average molecular weight is 236 g/mol. The van der Waals surface area contributed by atoms with Crippen LogP contribution < -0.4 is 5.73 Å². The van der Waals surface area contributed by atoms with Gasteiger partial charge in [0.2, 0.25) is 0 Å². The molecule has 2 N–H and O–H groups in total. The van der Waals surface area contributed by atoms with E-state index in [2.05, 4.69) is 14.8 Å². The fourth-order valence-electron chi connectivity index (χ4n) is 3.06. The van der Waals surface area contributed by atoms with Crippen LogP contribution in [-0.2, 0) is 0 Å². The molecule has 0 bridgehead atoms. The zero-order chi connectivity index (χ0) is 11.7. The first kappa shape index (κ1) is 11.3. The Morgan fingerprint density at radius 3 is 2.18 bits per heavy atom. The number of nitrogens with two attached hydrogens (primary N) is 1. The zero-order valence-corrected chi connectivity index (χ0v) is 10.6. The first-order valence-corrected chi connectivity index (χ1v) is 7.15. The third-order valence-corrected chi connectivity index (χ3v) is 4.34. The predicted molar refractivity (Wildman–Crippen MR) is 70.0 cm³/mol. The van der Waals surface area contributed by atoms with Gasteiger partial charge in [0, 0.05) is 32.2 Å². The summed E-state index contributed by atoms with van der Waals surface area (Å²) in [5, 5.41) is 0. The Bertz CT molecular complexity index is 284. The number of hydrogen-bond donors (Lipinski definition) is 1. The number of aliphatic imine (C=N–C) groups is 1. The van der Waals surface area contributed by atoms with Crippen LogP contribution in [-0.4, -0.2) is 54.0 Å². The second-order valence-corrected chi connectivity index (χ2v) is 5.68. The molecule has 0 aromatic rings. The van der Waals surface area contributed by atoms with Crippen molar-refractivity contribution in [2.75, 3.05) is 26.2 Å². The second kappa shape index (κ2) is 4.84. The van der Waals surface area contributed by atoms with Gasteiger partial charge in [0.15, 0.2) is 5.96 Å². The third kappa shape index (κ3) is 2.73. The minimum atomic E-state index is 0.511.